The maximum atomic E-state index is 12.3. The van der Waals surface area contributed by atoms with Gasteiger partial charge in [-0.1, -0.05) is 12.1 Å². The van der Waals surface area contributed by atoms with Gasteiger partial charge in [0.25, 0.3) is 5.91 Å². The zero-order valence-corrected chi connectivity index (χ0v) is 13.6. The van der Waals surface area contributed by atoms with Crippen molar-refractivity contribution in [3.8, 4) is 11.5 Å². The standard InChI is InChI=1S/C16H17NO5S/c1-17(16(20)14-7-13(21-2)10-23-14)8-11-3-5-12(6-4-11)22-9-15(18)19/h3-7,10H,8-9H2,1-2H3,(H,18,19). The zero-order valence-electron chi connectivity index (χ0n) is 12.8. The lowest BCUT2D eigenvalue weighted by Crippen LogP contribution is -2.25. The first-order chi connectivity index (χ1) is 11.0. The molecule has 122 valence electrons. The minimum atomic E-state index is -1.02. The van der Waals surface area contributed by atoms with Crippen molar-refractivity contribution in [2.45, 2.75) is 6.54 Å². The molecule has 0 aliphatic heterocycles. The van der Waals surface area contributed by atoms with Crippen LogP contribution in [0.15, 0.2) is 35.7 Å². The molecule has 0 saturated carbocycles. The molecule has 1 aromatic carbocycles. The van der Waals surface area contributed by atoms with Gasteiger partial charge in [-0.05, 0) is 17.7 Å². The number of thiophene rings is 1. The Hall–Kier alpha value is -2.54. The number of rotatable bonds is 7. The summed E-state index contributed by atoms with van der Waals surface area (Å²) in [6, 6.07) is 8.69. The van der Waals surface area contributed by atoms with Crippen molar-refractivity contribution in [3.63, 3.8) is 0 Å². The molecular formula is C16H17NO5S. The Balaban J connectivity index is 1.95. The fourth-order valence-electron chi connectivity index (χ4n) is 1.91. The quantitative estimate of drug-likeness (QED) is 0.841. The highest BCUT2D eigenvalue weighted by Gasteiger charge is 2.15. The van der Waals surface area contributed by atoms with Crippen LogP contribution in [0.2, 0.25) is 0 Å². The van der Waals surface area contributed by atoms with Crippen molar-refractivity contribution in [2.75, 3.05) is 20.8 Å². The molecule has 0 atom stereocenters. The highest BCUT2D eigenvalue weighted by Crippen LogP contribution is 2.23. The number of carbonyl (C=O) groups is 2. The van der Waals surface area contributed by atoms with Crippen molar-refractivity contribution in [3.05, 3.63) is 46.2 Å². The van der Waals surface area contributed by atoms with Crippen molar-refractivity contribution >= 4 is 23.2 Å². The van der Waals surface area contributed by atoms with Gasteiger partial charge in [0.15, 0.2) is 6.61 Å². The van der Waals surface area contributed by atoms with E-state index in [4.69, 9.17) is 14.6 Å². The van der Waals surface area contributed by atoms with Gasteiger partial charge in [-0.25, -0.2) is 4.79 Å². The summed E-state index contributed by atoms with van der Waals surface area (Å²) < 4.78 is 10.1. The van der Waals surface area contributed by atoms with Crippen LogP contribution in [0.25, 0.3) is 0 Å². The Morgan fingerprint density at radius 1 is 1.22 bits per heavy atom. The molecule has 0 bridgehead atoms. The van der Waals surface area contributed by atoms with Crippen molar-refractivity contribution in [1.82, 2.24) is 4.90 Å². The maximum absolute atomic E-state index is 12.3. The summed E-state index contributed by atoms with van der Waals surface area (Å²) in [5, 5.41) is 10.3. The van der Waals surface area contributed by atoms with Crippen LogP contribution in [0.1, 0.15) is 15.2 Å². The minimum absolute atomic E-state index is 0.0792. The number of carboxylic acids is 1. The molecule has 0 aliphatic carbocycles. The Labute approximate surface area is 137 Å². The van der Waals surface area contributed by atoms with Crippen molar-refractivity contribution in [2.24, 2.45) is 0 Å². The molecule has 0 radical (unpaired) electrons. The molecule has 1 aromatic heterocycles. The van der Waals surface area contributed by atoms with E-state index in [1.54, 1.807) is 54.8 Å². The van der Waals surface area contributed by atoms with Crippen LogP contribution in [0.3, 0.4) is 0 Å². The van der Waals surface area contributed by atoms with Crippen LogP contribution in [0.4, 0.5) is 0 Å². The summed E-state index contributed by atoms with van der Waals surface area (Å²) in [6.45, 7) is 0.0657. The van der Waals surface area contributed by atoms with Gasteiger partial charge in [0.2, 0.25) is 0 Å². The van der Waals surface area contributed by atoms with Crippen molar-refractivity contribution < 1.29 is 24.2 Å². The van der Waals surface area contributed by atoms with Crippen LogP contribution in [0.5, 0.6) is 11.5 Å². The molecule has 1 heterocycles. The number of hydrogen-bond acceptors (Lipinski definition) is 5. The third-order valence-corrected chi connectivity index (χ3v) is 3.97. The largest absolute Gasteiger partial charge is 0.496 e. The fourth-order valence-corrected chi connectivity index (χ4v) is 2.76. The van der Waals surface area contributed by atoms with Gasteiger partial charge >= 0.3 is 5.97 Å². The first-order valence-corrected chi connectivity index (χ1v) is 7.69. The molecule has 0 spiro atoms. The second kappa shape index (κ2) is 7.64. The Morgan fingerprint density at radius 3 is 2.48 bits per heavy atom. The monoisotopic (exact) mass is 335 g/mol. The second-order valence-electron chi connectivity index (χ2n) is 4.84. The summed E-state index contributed by atoms with van der Waals surface area (Å²) in [4.78, 5) is 25.0. The highest BCUT2D eigenvalue weighted by molar-refractivity contribution is 7.12. The average molecular weight is 335 g/mol. The topological polar surface area (TPSA) is 76.1 Å². The smallest absolute Gasteiger partial charge is 0.341 e. The number of carboxylic acid groups (broad SMARTS) is 1. The summed E-state index contributed by atoms with van der Waals surface area (Å²) in [7, 11) is 3.29. The zero-order chi connectivity index (χ0) is 16.8. The normalized spacial score (nSPS) is 10.2. The predicted molar refractivity (Wildman–Crippen MR) is 86.2 cm³/mol. The molecule has 23 heavy (non-hydrogen) atoms. The molecule has 0 fully saturated rings. The number of carbonyl (C=O) groups excluding carboxylic acids is 1. The summed E-state index contributed by atoms with van der Waals surface area (Å²) in [5.41, 5.74) is 0.923. The van der Waals surface area contributed by atoms with E-state index in [0.29, 0.717) is 22.9 Å². The molecule has 0 unspecified atom stereocenters. The number of aliphatic carboxylic acids is 1. The third kappa shape index (κ3) is 4.72. The van der Waals surface area contributed by atoms with Crippen LogP contribution in [-0.4, -0.2) is 42.6 Å². The van der Waals surface area contributed by atoms with Gasteiger partial charge in [0.1, 0.15) is 11.5 Å². The average Bonchev–Trinajstić information content (AvgIpc) is 3.02. The first-order valence-electron chi connectivity index (χ1n) is 6.81. The summed E-state index contributed by atoms with van der Waals surface area (Å²) >= 11 is 1.34. The van der Waals surface area contributed by atoms with Crippen LogP contribution in [0, 0.1) is 0 Å². The second-order valence-corrected chi connectivity index (χ2v) is 5.75. The number of benzene rings is 1. The number of amides is 1. The molecule has 2 aromatic rings. The number of ether oxygens (including phenoxy) is 2. The van der Waals surface area contributed by atoms with E-state index in [9.17, 15) is 9.59 Å². The van der Waals surface area contributed by atoms with Gasteiger partial charge in [-0.3, -0.25) is 4.79 Å². The number of methoxy groups -OCH3 is 1. The van der Waals surface area contributed by atoms with Gasteiger partial charge in [0.05, 0.1) is 12.0 Å². The molecule has 1 amide bonds. The minimum Gasteiger partial charge on any atom is -0.496 e. The molecular weight excluding hydrogens is 318 g/mol. The SMILES string of the molecule is COc1csc(C(=O)N(C)Cc2ccc(OCC(=O)O)cc2)c1. The maximum Gasteiger partial charge on any atom is 0.341 e. The van der Waals surface area contributed by atoms with E-state index in [1.165, 1.54) is 11.3 Å². The molecule has 0 aliphatic rings. The number of hydrogen-bond donors (Lipinski definition) is 1. The van der Waals surface area contributed by atoms with E-state index in [-0.39, 0.29) is 12.5 Å². The van der Waals surface area contributed by atoms with Gasteiger partial charge < -0.3 is 19.5 Å². The number of nitrogens with zero attached hydrogens (tertiary/aromatic N) is 1. The van der Waals surface area contributed by atoms with Crippen molar-refractivity contribution in [1.29, 1.82) is 0 Å². The lowest BCUT2D eigenvalue weighted by atomic mass is 10.2. The lowest BCUT2D eigenvalue weighted by Gasteiger charge is -2.16. The highest BCUT2D eigenvalue weighted by atomic mass is 32.1. The fraction of sp³-hybridized carbons (Fsp3) is 0.250. The Morgan fingerprint density at radius 2 is 1.91 bits per heavy atom. The third-order valence-electron chi connectivity index (χ3n) is 3.07. The summed E-state index contributed by atoms with van der Waals surface area (Å²) in [5.74, 6) is 0.0510. The Kier molecular flexibility index (Phi) is 5.59. The molecule has 1 N–H and O–H groups in total. The molecule has 2 rings (SSSR count). The van der Waals surface area contributed by atoms with Gasteiger partial charge in [-0.15, -0.1) is 11.3 Å². The Bertz CT molecular complexity index is 680. The molecule has 0 saturated heterocycles. The molecule has 7 heteroatoms. The first kappa shape index (κ1) is 16.8. The van der Waals surface area contributed by atoms with E-state index in [0.717, 1.165) is 5.56 Å². The summed E-state index contributed by atoms with van der Waals surface area (Å²) in [6.07, 6.45) is 0. The van der Waals surface area contributed by atoms with E-state index in [1.807, 2.05) is 0 Å². The van der Waals surface area contributed by atoms with Gasteiger partial charge in [-0.2, -0.15) is 0 Å². The van der Waals surface area contributed by atoms with Gasteiger partial charge in [0, 0.05) is 25.0 Å². The van der Waals surface area contributed by atoms with Crippen LogP contribution < -0.4 is 9.47 Å². The van der Waals surface area contributed by atoms with Crippen LogP contribution >= 0.6 is 11.3 Å². The van der Waals surface area contributed by atoms with E-state index < -0.39 is 5.97 Å². The van der Waals surface area contributed by atoms with Crippen LogP contribution in [-0.2, 0) is 11.3 Å². The van der Waals surface area contributed by atoms with E-state index >= 15 is 0 Å². The van der Waals surface area contributed by atoms with E-state index in [2.05, 4.69) is 0 Å². The predicted octanol–water partition coefficient (Wildman–Crippen LogP) is 2.49. The molecule has 6 nitrogen and oxygen atoms in total. The lowest BCUT2D eigenvalue weighted by molar-refractivity contribution is -0.139.